The van der Waals surface area contributed by atoms with Gasteiger partial charge in [-0.05, 0) is 38.9 Å². The van der Waals surface area contributed by atoms with Gasteiger partial charge in [0.2, 0.25) is 5.95 Å². The highest BCUT2D eigenvalue weighted by Crippen LogP contribution is 2.17. The van der Waals surface area contributed by atoms with Crippen molar-refractivity contribution in [3.05, 3.63) is 53.3 Å². The van der Waals surface area contributed by atoms with Gasteiger partial charge >= 0.3 is 0 Å². The molecule has 1 amide bonds. The van der Waals surface area contributed by atoms with Crippen molar-refractivity contribution in [3.8, 4) is 0 Å². The van der Waals surface area contributed by atoms with E-state index in [0.29, 0.717) is 18.2 Å². The smallest absolute Gasteiger partial charge is 0.273 e. The molecule has 0 aliphatic carbocycles. The lowest BCUT2D eigenvalue weighted by Gasteiger charge is -2.34. The second-order valence-corrected chi connectivity index (χ2v) is 7.63. The Morgan fingerprint density at radius 3 is 2.39 bits per heavy atom. The van der Waals surface area contributed by atoms with Crippen LogP contribution in [0.1, 0.15) is 42.5 Å². The van der Waals surface area contributed by atoms with Crippen molar-refractivity contribution in [1.82, 2.24) is 19.8 Å². The van der Waals surface area contributed by atoms with E-state index in [2.05, 4.69) is 26.7 Å². The fourth-order valence-electron chi connectivity index (χ4n) is 3.48. The number of nitrogens with zero attached hydrogens (tertiary/aromatic N) is 5. The maximum atomic E-state index is 13.3. The average Bonchev–Trinajstić information content (AvgIpc) is 2.71. The third-order valence-corrected chi connectivity index (χ3v) is 5.24. The lowest BCUT2D eigenvalue weighted by Crippen LogP contribution is -2.47. The molecule has 3 rings (SSSR count). The Labute approximate surface area is 168 Å². The standard InChI is InChI=1S/C22H31N5O/c1-5-25-11-13-26(14-12-25)22-23-18(4)15-20(24-22)21(28)27(17(2)3)16-19-9-7-6-8-10-19/h6-10,15,17H,5,11-14,16H2,1-4H3. The number of anilines is 1. The number of aryl methyl sites for hydroxylation is 1. The van der Waals surface area contributed by atoms with E-state index in [9.17, 15) is 4.79 Å². The van der Waals surface area contributed by atoms with Crippen molar-refractivity contribution >= 4 is 11.9 Å². The van der Waals surface area contributed by atoms with Crippen LogP contribution in [0.3, 0.4) is 0 Å². The normalized spacial score (nSPS) is 15.1. The molecule has 0 radical (unpaired) electrons. The molecule has 1 aliphatic rings. The molecule has 2 aromatic rings. The van der Waals surface area contributed by atoms with E-state index < -0.39 is 0 Å². The quantitative estimate of drug-likeness (QED) is 0.770. The number of likely N-dealkylation sites (N-methyl/N-ethyl adjacent to an activating group) is 1. The molecule has 0 N–H and O–H groups in total. The third kappa shape index (κ3) is 4.87. The first kappa shape index (κ1) is 20.3. The second kappa shape index (κ2) is 9.15. The molecule has 0 unspecified atom stereocenters. The summed E-state index contributed by atoms with van der Waals surface area (Å²) in [4.78, 5) is 29.0. The van der Waals surface area contributed by atoms with Crippen LogP contribution in [0.5, 0.6) is 0 Å². The number of hydrogen-bond donors (Lipinski definition) is 0. The Bertz CT molecular complexity index is 785. The van der Waals surface area contributed by atoms with Crippen LogP contribution in [0.15, 0.2) is 36.4 Å². The molecule has 0 spiro atoms. The van der Waals surface area contributed by atoms with E-state index in [1.54, 1.807) is 6.07 Å². The number of amides is 1. The Kier molecular flexibility index (Phi) is 6.62. The number of benzene rings is 1. The van der Waals surface area contributed by atoms with Crippen molar-refractivity contribution in [1.29, 1.82) is 0 Å². The SMILES string of the molecule is CCN1CCN(c2nc(C)cc(C(=O)N(Cc3ccccc3)C(C)C)n2)CC1. The maximum Gasteiger partial charge on any atom is 0.273 e. The molecule has 1 saturated heterocycles. The molecule has 2 heterocycles. The first-order valence-corrected chi connectivity index (χ1v) is 10.2. The fourth-order valence-corrected chi connectivity index (χ4v) is 3.48. The minimum atomic E-state index is -0.0437. The van der Waals surface area contributed by atoms with E-state index in [4.69, 9.17) is 0 Å². The van der Waals surface area contributed by atoms with Gasteiger partial charge < -0.3 is 14.7 Å². The molecule has 6 heteroatoms. The van der Waals surface area contributed by atoms with Gasteiger partial charge in [-0.25, -0.2) is 9.97 Å². The molecular formula is C22H31N5O. The summed E-state index contributed by atoms with van der Waals surface area (Å²) < 4.78 is 0. The molecule has 28 heavy (non-hydrogen) atoms. The number of carbonyl (C=O) groups is 1. The van der Waals surface area contributed by atoms with Crippen molar-refractivity contribution in [2.45, 2.75) is 40.3 Å². The molecule has 0 atom stereocenters. The van der Waals surface area contributed by atoms with Gasteiger partial charge in [0.05, 0.1) is 0 Å². The van der Waals surface area contributed by atoms with Crippen LogP contribution in [0, 0.1) is 6.92 Å². The topological polar surface area (TPSA) is 52.6 Å². The number of aromatic nitrogens is 2. The number of piperazine rings is 1. The lowest BCUT2D eigenvalue weighted by atomic mass is 10.1. The van der Waals surface area contributed by atoms with Gasteiger partial charge in [0.25, 0.3) is 5.91 Å². The largest absolute Gasteiger partial charge is 0.338 e. The highest BCUT2D eigenvalue weighted by atomic mass is 16.2. The molecule has 1 aliphatic heterocycles. The Morgan fingerprint density at radius 1 is 1.11 bits per heavy atom. The summed E-state index contributed by atoms with van der Waals surface area (Å²) in [6.45, 7) is 13.6. The van der Waals surface area contributed by atoms with E-state index in [1.165, 1.54) is 0 Å². The van der Waals surface area contributed by atoms with Crippen LogP contribution >= 0.6 is 0 Å². The molecule has 0 bridgehead atoms. The van der Waals surface area contributed by atoms with E-state index in [-0.39, 0.29) is 11.9 Å². The van der Waals surface area contributed by atoms with Crippen molar-refractivity contribution < 1.29 is 4.79 Å². The van der Waals surface area contributed by atoms with Crippen molar-refractivity contribution in [2.24, 2.45) is 0 Å². The van der Waals surface area contributed by atoms with Gasteiger partial charge in [0, 0.05) is 44.5 Å². The first-order valence-electron chi connectivity index (χ1n) is 10.2. The van der Waals surface area contributed by atoms with E-state index >= 15 is 0 Å². The van der Waals surface area contributed by atoms with Crippen molar-refractivity contribution in [2.75, 3.05) is 37.6 Å². The summed E-state index contributed by atoms with van der Waals surface area (Å²) in [7, 11) is 0. The van der Waals surface area contributed by atoms with Gasteiger partial charge in [-0.2, -0.15) is 0 Å². The minimum Gasteiger partial charge on any atom is -0.338 e. The summed E-state index contributed by atoms with van der Waals surface area (Å²) in [6.07, 6.45) is 0. The summed E-state index contributed by atoms with van der Waals surface area (Å²) in [5.74, 6) is 0.625. The number of hydrogen-bond acceptors (Lipinski definition) is 5. The zero-order chi connectivity index (χ0) is 20.1. The molecule has 1 aromatic heterocycles. The van der Waals surface area contributed by atoms with Crippen LogP contribution in [0.4, 0.5) is 5.95 Å². The van der Waals surface area contributed by atoms with Gasteiger partial charge in [-0.3, -0.25) is 4.79 Å². The predicted molar refractivity (Wildman–Crippen MR) is 113 cm³/mol. The average molecular weight is 382 g/mol. The molecule has 0 saturated carbocycles. The van der Waals surface area contributed by atoms with Gasteiger partial charge in [0.1, 0.15) is 5.69 Å². The summed E-state index contributed by atoms with van der Waals surface area (Å²) in [5, 5.41) is 0. The number of rotatable bonds is 6. The van der Waals surface area contributed by atoms with Crippen LogP contribution in [0.25, 0.3) is 0 Å². The Hall–Kier alpha value is -2.47. The number of carbonyl (C=O) groups excluding carboxylic acids is 1. The highest BCUT2D eigenvalue weighted by molar-refractivity contribution is 5.92. The second-order valence-electron chi connectivity index (χ2n) is 7.63. The highest BCUT2D eigenvalue weighted by Gasteiger charge is 2.24. The van der Waals surface area contributed by atoms with Crippen LogP contribution < -0.4 is 4.90 Å². The molecule has 150 valence electrons. The fraction of sp³-hybridized carbons (Fsp3) is 0.500. The Morgan fingerprint density at radius 2 is 1.79 bits per heavy atom. The zero-order valence-electron chi connectivity index (χ0n) is 17.4. The summed E-state index contributed by atoms with van der Waals surface area (Å²) >= 11 is 0. The molecule has 6 nitrogen and oxygen atoms in total. The predicted octanol–water partition coefficient (Wildman–Crippen LogP) is 2.98. The minimum absolute atomic E-state index is 0.0437. The van der Waals surface area contributed by atoms with Gasteiger partial charge in [0.15, 0.2) is 0 Å². The summed E-state index contributed by atoms with van der Waals surface area (Å²) in [5.41, 5.74) is 2.42. The lowest BCUT2D eigenvalue weighted by molar-refractivity contribution is 0.0684. The molecule has 1 fully saturated rings. The molecule has 1 aromatic carbocycles. The van der Waals surface area contributed by atoms with Gasteiger partial charge in [-0.1, -0.05) is 37.3 Å². The third-order valence-electron chi connectivity index (χ3n) is 5.24. The van der Waals surface area contributed by atoms with Crippen LogP contribution in [-0.4, -0.2) is 64.4 Å². The van der Waals surface area contributed by atoms with Crippen molar-refractivity contribution in [3.63, 3.8) is 0 Å². The van der Waals surface area contributed by atoms with Crippen LogP contribution in [-0.2, 0) is 6.54 Å². The van der Waals surface area contributed by atoms with Crippen LogP contribution in [0.2, 0.25) is 0 Å². The van der Waals surface area contributed by atoms with E-state index in [1.807, 2.05) is 56.0 Å². The summed E-state index contributed by atoms with van der Waals surface area (Å²) in [6, 6.07) is 12.0. The Balaban J connectivity index is 1.81. The van der Waals surface area contributed by atoms with Gasteiger partial charge in [-0.15, -0.1) is 0 Å². The first-order chi connectivity index (χ1) is 13.5. The van der Waals surface area contributed by atoms with E-state index in [0.717, 1.165) is 44.0 Å². The zero-order valence-corrected chi connectivity index (χ0v) is 17.4. The molecular weight excluding hydrogens is 350 g/mol. The monoisotopic (exact) mass is 381 g/mol. The maximum absolute atomic E-state index is 13.3.